The van der Waals surface area contributed by atoms with Crippen LogP contribution >= 0.6 is 11.3 Å². The zero-order valence-electron chi connectivity index (χ0n) is 16.2. The zero-order chi connectivity index (χ0) is 24.4. The van der Waals surface area contributed by atoms with Gasteiger partial charge in [0.2, 0.25) is 0 Å². The van der Waals surface area contributed by atoms with Gasteiger partial charge in [-0.25, -0.2) is 4.98 Å². The number of alkyl halides is 6. The van der Waals surface area contributed by atoms with Crippen molar-refractivity contribution < 1.29 is 36.2 Å². The van der Waals surface area contributed by atoms with E-state index in [1.165, 1.54) is 48.8 Å². The first-order valence-corrected chi connectivity index (χ1v) is 9.73. The number of benzene rings is 1. The summed E-state index contributed by atoms with van der Waals surface area (Å²) in [4.78, 5) is 19.7. The maximum absolute atomic E-state index is 13.2. The van der Waals surface area contributed by atoms with Gasteiger partial charge in [-0.05, 0) is 29.8 Å². The molecule has 3 rings (SSSR count). The van der Waals surface area contributed by atoms with Crippen molar-refractivity contribution in [3.63, 3.8) is 0 Å². The lowest BCUT2D eigenvalue weighted by molar-refractivity contribution is -0.375. The molecule has 6 nitrogen and oxygen atoms in total. The van der Waals surface area contributed by atoms with Gasteiger partial charge in [0.1, 0.15) is 0 Å². The second-order valence-corrected chi connectivity index (χ2v) is 7.66. The fourth-order valence-corrected chi connectivity index (χ4v) is 3.79. The van der Waals surface area contributed by atoms with Crippen molar-refractivity contribution in [1.29, 1.82) is 5.26 Å². The molecule has 0 unspecified atom stereocenters. The Morgan fingerprint density at radius 2 is 1.61 bits per heavy atom. The predicted octanol–water partition coefficient (Wildman–Crippen LogP) is 4.57. The first kappa shape index (κ1) is 24.1. The fraction of sp³-hybridized carbons (Fsp3) is 0.200. The van der Waals surface area contributed by atoms with E-state index in [0.29, 0.717) is 11.1 Å². The lowest BCUT2D eigenvalue weighted by Gasteiger charge is -2.30. The summed E-state index contributed by atoms with van der Waals surface area (Å²) in [6.45, 7) is -0.281. The summed E-state index contributed by atoms with van der Waals surface area (Å²) in [5.41, 5.74) is -4.37. The van der Waals surface area contributed by atoms with E-state index in [1.54, 1.807) is 0 Å². The Hall–Kier alpha value is -3.50. The first-order valence-electron chi connectivity index (χ1n) is 8.91. The number of halogens is 6. The largest absolute Gasteiger partial charge is 0.431 e. The van der Waals surface area contributed by atoms with E-state index in [2.05, 4.69) is 9.97 Å². The Morgan fingerprint density at radius 1 is 1.03 bits per heavy atom. The van der Waals surface area contributed by atoms with Crippen molar-refractivity contribution in [3.05, 3.63) is 76.6 Å². The van der Waals surface area contributed by atoms with Gasteiger partial charge in [0.15, 0.2) is 5.13 Å². The van der Waals surface area contributed by atoms with Crippen LogP contribution in [0.3, 0.4) is 0 Å². The number of carbonyl (C=O) groups is 1. The molecule has 1 aromatic carbocycles. The number of hydrogen-bond acceptors (Lipinski definition) is 6. The van der Waals surface area contributed by atoms with Crippen molar-refractivity contribution in [2.24, 2.45) is 0 Å². The van der Waals surface area contributed by atoms with E-state index in [1.807, 2.05) is 6.07 Å². The minimum atomic E-state index is -6.08. The number of pyridine rings is 1. The molecule has 0 saturated heterocycles. The van der Waals surface area contributed by atoms with E-state index in [0.717, 1.165) is 4.90 Å². The third-order valence-electron chi connectivity index (χ3n) is 4.50. The van der Waals surface area contributed by atoms with Gasteiger partial charge in [-0.2, -0.15) is 31.6 Å². The fourth-order valence-electron chi connectivity index (χ4n) is 2.74. The number of amides is 1. The van der Waals surface area contributed by atoms with Crippen LogP contribution in [0.25, 0.3) is 0 Å². The van der Waals surface area contributed by atoms with Gasteiger partial charge >= 0.3 is 12.4 Å². The predicted molar refractivity (Wildman–Crippen MR) is 104 cm³/mol. The minimum Gasteiger partial charge on any atom is -0.369 e. The third-order valence-corrected chi connectivity index (χ3v) is 5.63. The van der Waals surface area contributed by atoms with Gasteiger partial charge in [-0.15, -0.1) is 0 Å². The Morgan fingerprint density at radius 3 is 2.12 bits per heavy atom. The topological polar surface area (TPSA) is 90.1 Å². The van der Waals surface area contributed by atoms with Gasteiger partial charge in [0.25, 0.3) is 11.5 Å². The van der Waals surface area contributed by atoms with Crippen molar-refractivity contribution in [2.75, 3.05) is 4.90 Å². The molecule has 0 aliphatic rings. The highest BCUT2D eigenvalue weighted by molar-refractivity contribution is 7.16. The Balaban J connectivity index is 2.07. The van der Waals surface area contributed by atoms with Crippen LogP contribution in [-0.4, -0.2) is 33.3 Å². The summed E-state index contributed by atoms with van der Waals surface area (Å²) in [5.74, 6) is -0.773. The van der Waals surface area contributed by atoms with Crippen LogP contribution < -0.4 is 4.90 Å². The molecule has 1 amide bonds. The highest BCUT2D eigenvalue weighted by Gasteiger charge is 2.72. The molecule has 2 heterocycles. The maximum atomic E-state index is 13.2. The number of aliphatic hydroxyl groups is 1. The quantitative estimate of drug-likeness (QED) is 0.534. The number of rotatable bonds is 5. The molecule has 2 aromatic heterocycles. The van der Waals surface area contributed by atoms with E-state index < -0.39 is 33.9 Å². The zero-order valence-corrected chi connectivity index (χ0v) is 17.0. The van der Waals surface area contributed by atoms with Gasteiger partial charge in [-0.1, -0.05) is 23.5 Å². The van der Waals surface area contributed by atoms with Crippen LogP contribution in [0.4, 0.5) is 31.5 Å². The van der Waals surface area contributed by atoms with E-state index in [9.17, 15) is 36.2 Å². The normalized spacial score (nSPS) is 12.3. The Bertz CT molecular complexity index is 1160. The van der Waals surface area contributed by atoms with Crippen LogP contribution in [-0.2, 0) is 12.1 Å². The standard InChI is InChI=1S/C20H12F6N4O2S/c21-19(22,23)18(32,20(24,25)26)15-10-29-17(33-15)30(16(31)14-5-7-28-8-6-14)11-13-3-1-12(9-27)2-4-13/h1-8,10,32H,11H2. The smallest absolute Gasteiger partial charge is 0.369 e. The summed E-state index contributed by atoms with van der Waals surface area (Å²) < 4.78 is 79.4. The summed E-state index contributed by atoms with van der Waals surface area (Å²) in [6.07, 6.45) is -9.35. The van der Waals surface area contributed by atoms with Gasteiger partial charge in [-0.3, -0.25) is 14.7 Å². The number of nitrogens with zero attached hydrogens (tertiary/aromatic N) is 4. The van der Waals surface area contributed by atoms with E-state index in [-0.39, 0.29) is 29.6 Å². The van der Waals surface area contributed by atoms with Gasteiger partial charge < -0.3 is 5.11 Å². The molecule has 172 valence electrons. The monoisotopic (exact) mass is 486 g/mol. The molecule has 33 heavy (non-hydrogen) atoms. The van der Waals surface area contributed by atoms with Crippen molar-refractivity contribution >= 4 is 22.4 Å². The van der Waals surface area contributed by atoms with Crippen molar-refractivity contribution in [2.45, 2.75) is 24.5 Å². The molecule has 0 atom stereocenters. The van der Waals surface area contributed by atoms with Crippen LogP contribution in [0.15, 0.2) is 55.0 Å². The summed E-state index contributed by atoms with van der Waals surface area (Å²) in [5, 5.41) is 18.0. The van der Waals surface area contributed by atoms with Crippen molar-refractivity contribution in [1.82, 2.24) is 9.97 Å². The highest BCUT2D eigenvalue weighted by Crippen LogP contribution is 2.52. The van der Waals surface area contributed by atoms with Crippen LogP contribution in [0.5, 0.6) is 0 Å². The number of aromatic nitrogens is 2. The number of nitriles is 1. The minimum absolute atomic E-state index is 0.0531. The van der Waals surface area contributed by atoms with Crippen LogP contribution in [0, 0.1) is 11.3 Å². The number of anilines is 1. The molecule has 0 fully saturated rings. The Kier molecular flexibility index (Phi) is 6.44. The van der Waals surface area contributed by atoms with Gasteiger partial charge in [0, 0.05) is 24.2 Å². The van der Waals surface area contributed by atoms with Crippen molar-refractivity contribution in [3.8, 4) is 6.07 Å². The van der Waals surface area contributed by atoms with E-state index >= 15 is 0 Å². The SMILES string of the molecule is N#Cc1ccc(CN(C(=O)c2ccncc2)c2ncc(C(O)(C(F)(F)F)C(F)(F)F)s2)cc1. The first-order chi connectivity index (χ1) is 15.4. The molecule has 0 saturated carbocycles. The number of carbonyl (C=O) groups excluding carboxylic acids is 1. The lowest BCUT2D eigenvalue weighted by Crippen LogP contribution is -2.53. The second kappa shape index (κ2) is 8.80. The summed E-state index contributed by atoms with van der Waals surface area (Å²) in [6, 6.07) is 10.3. The Labute approximate surface area is 186 Å². The molecular weight excluding hydrogens is 474 g/mol. The van der Waals surface area contributed by atoms with Crippen LogP contribution in [0.2, 0.25) is 0 Å². The summed E-state index contributed by atoms with van der Waals surface area (Å²) in [7, 11) is 0. The number of hydrogen-bond donors (Lipinski definition) is 1. The average Bonchev–Trinajstić information content (AvgIpc) is 3.26. The van der Waals surface area contributed by atoms with E-state index in [4.69, 9.17) is 5.26 Å². The molecule has 0 radical (unpaired) electrons. The summed E-state index contributed by atoms with van der Waals surface area (Å²) >= 11 is -0.112. The highest BCUT2D eigenvalue weighted by atomic mass is 32.1. The number of thiazole rings is 1. The molecular formula is C20H12F6N4O2S. The second-order valence-electron chi connectivity index (χ2n) is 6.65. The molecule has 0 bridgehead atoms. The molecule has 0 aliphatic heterocycles. The molecule has 1 N–H and O–H groups in total. The molecule has 0 spiro atoms. The van der Waals surface area contributed by atoms with Gasteiger partial charge in [0.05, 0.1) is 23.1 Å². The molecule has 13 heteroatoms. The lowest BCUT2D eigenvalue weighted by atomic mass is 10.0. The maximum Gasteiger partial charge on any atom is 0.431 e. The third kappa shape index (κ3) is 4.67. The molecule has 0 aliphatic carbocycles. The van der Waals surface area contributed by atoms with Crippen LogP contribution in [0.1, 0.15) is 26.4 Å². The average molecular weight is 486 g/mol. The molecule has 3 aromatic rings.